The van der Waals surface area contributed by atoms with E-state index < -0.39 is 15.3 Å². The van der Waals surface area contributed by atoms with Crippen LogP contribution in [0.25, 0.3) is 22.4 Å². The molecular formula is C32H25ClN6O3S2. The maximum atomic E-state index is 13.2. The van der Waals surface area contributed by atoms with Crippen LogP contribution in [-0.4, -0.2) is 34.8 Å². The quantitative estimate of drug-likeness (QED) is 0.165. The van der Waals surface area contributed by atoms with Crippen molar-refractivity contribution in [1.29, 1.82) is 5.26 Å². The average Bonchev–Trinajstić information content (AvgIpc) is 3.02. The van der Waals surface area contributed by atoms with Gasteiger partial charge in [-0.2, -0.15) is 5.26 Å². The Bertz CT molecular complexity index is 1950. The molecule has 5 aromatic rings. The first-order chi connectivity index (χ1) is 21.1. The Kier molecular flexibility index (Phi) is 9.25. The Hall–Kier alpha value is -4.76. The van der Waals surface area contributed by atoms with Gasteiger partial charge in [0, 0.05) is 16.8 Å². The maximum Gasteiger partial charge on any atom is 0.263 e. The molecule has 1 atom stereocenters. The number of anilines is 2. The summed E-state index contributed by atoms with van der Waals surface area (Å²) in [4.78, 5) is 18.0. The van der Waals surface area contributed by atoms with Gasteiger partial charge in [0.05, 0.1) is 21.4 Å². The maximum absolute atomic E-state index is 13.2. The molecule has 0 aliphatic rings. The number of halogens is 1. The predicted octanol–water partition coefficient (Wildman–Crippen LogP) is 6.96. The van der Waals surface area contributed by atoms with Crippen LogP contribution in [0.3, 0.4) is 0 Å². The van der Waals surface area contributed by atoms with E-state index in [2.05, 4.69) is 26.3 Å². The second-order valence-corrected chi connectivity index (χ2v) is 13.1. The zero-order chi connectivity index (χ0) is 31.3. The number of sulfonamides is 1. The van der Waals surface area contributed by atoms with Crippen LogP contribution in [0.5, 0.6) is 0 Å². The molecule has 1 unspecified atom stereocenters. The number of amides is 1. The summed E-state index contributed by atoms with van der Waals surface area (Å²) in [7, 11) is -3.94. The summed E-state index contributed by atoms with van der Waals surface area (Å²) in [6.45, 7) is 3.72. The van der Waals surface area contributed by atoms with Crippen molar-refractivity contribution in [2.45, 2.75) is 29.0 Å². The third-order valence-electron chi connectivity index (χ3n) is 6.49. The molecule has 9 nitrogen and oxygen atoms in total. The summed E-state index contributed by atoms with van der Waals surface area (Å²) in [6.07, 6.45) is 0. The van der Waals surface area contributed by atoms with Crippen molar-refractivity contribution >= 4 is 50.8 Å². The van der Waals surface area contributed by atoms with E-state index in [0.717, 1.165) is 22.3 Å². The van der Waals surface area contributed by atoms with Crippen molar-refractivity contribution in [2.24, 2.45) is 0 Å². The lowest BCUT2D eigenvalue weighted by Crippen LogP contribution is -2.23. The number of hydrogen-bond donors (Lipinski definition) is 2. The lowest BCUT2D eigenvalue weighted by molar-refractivity contribution is -0.115. The summed E-state index contributed by atoms with van der Waals surface area (Å²) in [6, 6.07) is 30.3. The van der Waals surface area contributed by atoms with E-state index in [1.807, 2.05) is 67.6 Å². The molecule has 2 N–H and O–H groups in total. The van der Waals surface area contributed by atoms with Crippen molar-refractivity contribution in [3.05, 3.63) is 113 Å². The monoisotopic (exact) mass is 640 g/mol. The molecule has 1 amide bonds. The van der Waals surface area contributed by atoms with Crippen LogP contribution in [0, 0.1) is 18.3 Å². The number of nitrogens with one attached hydrogen (secondary N) is 2. The van der Waals surface area contributed by atoms with Gasteiger partial charge in [-0.05, 0) is 61.9 Å². The highest BCUT2D eigenvalue weighted by Gasteiger charge is 2.22. The number of carbonyl (C=O) groups is 1. The second-order valence-electron chi connectivity index (χ2n) is 9.70. The van der Waals surface area contributed by atoms with Crippen molar-refractivity contribution in [2.75, 3.05) is 10.0 Å². The molecule has 0 bridgehead atoms. The van der Waals surface area contributed by atoms with E-state index in [1.54, 1.807) is 6.92 Å². The number of aryl methyl sites for hydroxylation is 1. The molecule has 220 valence electrons. The van der Waals surface area contributed by atoms with Gasteiger partial charge in [-0.15, -0.1) is 10.2 Å². The fraction of sp³-hybridized carbons (Fsp3) is 0.0938. The highest BCUT2D eigenvalue weighted by molar-refractivity contribution is 8.00. The van der Waals surface area contributed by atoms with Crippen molar-refractivity contribution in [3.63, 3.8) is 0 Å². The van der Waals surface area contributed by atoms with Gasteiger partial charge in [0.2, 0.25) is 5.91 Å². The summed E-state index contributed by atoms with van der Waals surface area (Å²) in [5.74, 6) is -0.322. The van der Waals surface area contributed by atoms with Gasteiger partial charge < -0.3 is 5.32 Å². The molecule has 0 radical (unpaired) electrons. The fourth-order valence-corrected chi connectivity index (χ4v) is 6.20. The normalized spacial score (nSPS) is 11.8. The minimum atomic E-state index is -3.94. The third-order valence-corrected chi connectivity index (χ3v) is 9.15. The smallest absolute Gasteiger partial charge is 0.263 e. The first-order valence-electron chi connectivity index (χ1n) is 13.3. The highest BCUT2D eigenvalue weighted by atomic mass is 35.5. The van der Waals surface area contributed by atoms with E-state index in [-0.39, 0.29) is 21.8 Å². The van der Waals surface area contributed by atoms with Crippen LogP contribution in [0.2, 0.25) is 5.15 Å². The van der Waals surface area contributed by atoms with Crippen LogP contribution >= 0.6 is 23.4 Å². The second kappa shape index (κ2) is 13.3. The number of carbonyl (C=O) groups excluding carboxylic acids is 1. The molecule has 0 saturated heterocycles. The minimum absolute atomic E-state index is 0.0184. The topological polar surface area (TPSA) is 138 Å². The van der Waals surface area contributed by atoms with Crippen LogP contribution in [0.1, 0.15) is 18.1 Å². The lowest BCUT2D eigenvalue weighted by atomic mass is 9.98. The summed E-state index contributed by atoms with van der Waals surface area (Å²) >= 11 is 6.88. The molecule has 2 heterocycles. The average molecular weight is 641 g/mol. The molecule has 0 fully saturated rings. The van der Waals surface area contributed by atoms with E-state index in [4.69, 9.17) is 16.6 Å². The van der Waals surface area contributed by atoms with E-state index in [9.17, 15) is 18.5 Å². The molecule has 44 heavy (non-hydrogen) atoms. The Labute approximate surface area is 264 Å². The molecule has 0 saturated carbocycles. The molecule has 0 aliphatic carbocycles. The zero-order valence-electron chi connectivity index (χ0n) is 23.5. The van der Waals surface area contributed by atoms with Gasteiger partial charge in [-0.25, -0.2) is 13.4 Å². The Morgan fingerprint density at radius 3 is 2.27 bits per heavy atom. The van der Waals surface area contributed by atoms with Gasteiger partial charge in [0.15, 0.2) is 11.0 Å². The van der Waals surface area contributed by atoms with Crippen molar-refractivity contribution < 1.29 is 13.2 Å². The number of nitriles is 1. The van der Waals surface area contributed by atoms with Crippen LogP contribution in [0.4, 0.5) is 11.5 Å². The number of nitrogens with zero attached hydrogens (tertiary/aromatic N) is 4. The Morgan fingerprint density at radius 1 is 0.932 bits per heavy atom. The molecular weight excluding hydrogens is 616 g/mol. The SMILES string of the molecule is Cc1ccc(-c2cc(-c3ccccc3)nc(SC(C)C(=O)Nc3ccc(S(=O)(=O)Nc4ccc(Cl)nn4)cc3)c2C#N)cc1. The summed E-state index contributed by atoms with van der Waals surface area (Å²) in [5, 5.41) is 20.3. The molecule has 12 heteroatoms. The fourth-order valence-electron chi connectivity index (χ4n) is 4.18. The number of aromatic nitrogens is 3. The molecule has 0 aliphatic heterocycles. The van der Waals surface area contributed by atoms with Crippen molar-refractivity contribution in [3.8, 4) is 28.5 Å². The largest absolute Gasteiger partial charge is 0.325 e. The number of pyridine rings is 1. The summed E-state index contributed by atoms with van der Waals surface area (Å²) in [5.41, 5.74) is 5.05. The third kappa shape index (κ3) is 7.23. The van der Waals surface area contributed by atoms with Gasteiger partial charge in [0.25, 0.3) is 10.0 Å². The van der Waals surface area contributed by atoms with Crippen LogP contribution in [0.15, 0.2) is 107 Å². The first-order valence-corrected chi connectivity index (χ1v) is 16.0. The van der Waals surface area contributed by atoms with Crippen LogP contribution < -0.4 is 10.0 Å². The van der Waals surface area contributed by atoms with E-state index in [0.29, 0.717) is 22.0 Å². The van der Waals surface area contributed by atoms with Crippen molar-refractivity contribution in [1.82, 2.24) is 15.2 Å². The van der Waals surface area contributed by atoms with E-state index in [1.165, 1.54) is 48.2 Å². The molecule has 5 rings (SSSR count). The van der Waals surface area contributed by atoms with E-state index >= 15 is 0 Å². The number of thioether (sulfide) groups is 1. The van der Waals surface area contributed by atoms with Crippen LogP contribution in [-0.2, 0) is 14.8 Å². The number of benzene rings is 3. The zero-order valence-corrected chi connectivity index (χ0v) is 25.9. The first kappa shape index (κ1) is 30.7. The highest BCUT2D eigenvalue weighted by Crippen LogP contribution is 2.36. The number of rotatable bonds is 9. The lowest BCUT2D eigenvalue weighted by Gasteiger charge is -2.16. The summed E-state index contributed by atoms with van der Waals surface area (Å²) < 4.78 is 27.8. The molecule has 0 spiro atoms. The Balaban J connectivity index is 1.36. The standard InChI is InChI=1S/C32H25ClN6O3S2/c1-20-8-10-22(11-9-20)26-18-28(23-6-4-3-5-7-23)36-32(27(26)19-34)43-21(2)31(40)35-24-12-14-25(15-13-24)44(41,42)39-30-17-16-29(33)37-38-30/h3-18,21H,1-2H3,(H,35,40)(H,38,39). The molecule has 3 aromatic carbocycles. The molecule has 2 aromatic heterocycles. The Morgan fingerprint density at radius 2 is 1.64 bits per heavy atom. The van der Waals surface area contributed by atoms with Gasteiger partial charge >= 0.3 is 0 Å². The van der Waals surface area contributed by atoms with Gasteiger partial charge in [0.1, 0.15) is 11.1 Å². The number of hydrogen-bond acceptors (Lipinski definition) is 8. The van der Waals surface area contributed by atoms with Gasteiger partial charge in [-0.1, -0.05) is 83.5 Å². The van der Waals surface area contributed by atoms with Gasteiger partial charge in [-0.3, -0.25) is 9.52 Å². The predicted molar refractivity (Wildman–Crippen MR) is 173 cm³/mol. The minimum Gasteiger partial charge on any atom is -0.325 e.